The lowest BCUT2D eigenvalue weighted by Crippen LogP contribution is -2.34. The minimum absolute atomic E-state index is 0.0204. The number of thiophene rings is 1. The van der Waals surface area contributed by atoms with Gasteiger partial charge in [0, 0.05) is 58.8 Å². The van der Waals surface area contributed by atoms with Gasteiger partial charge in [0.05, 0.1) is 16.9 Å². The Labute approximate surface area is 201 Å². The Morgan fingerprint density at radius 3 is 2.82 bits per heavy atom. The van der Waals surface area contributed by atoms with Crippen LogP contribution in [-0.4, -0.2) is 47.8 Å². The van der Waals surface area contributed by atoms with Crippen LogP contribution in [0.3, 0.4) is 0 Å². The number of hydrogen-bond acceptors (Lipinski definition) is 7. The predicted octanol–water partition coefficient (Wildman–Crippen LogP) is 4.47. The zero-order valence-corrected chi connectivity index (χ0v) is 19.7. The van der Waals surface area contributed by atoms with E-state index >= 15 is 0 Å². The van der Waals surface area contributed by atoms with E-state index in [-0.39, 0.29) is 17.9 Å². The number of amides is 1. The Kier molecular flexibility index (Phi) is 5.17. The van der Waals surface area contributed by atoms with E-state index in [1.54, 1.807) is 0 Å². The zero-order valence-electron chi connectivity index (χ0n) is 18.9. The van der Waals surface area contributed by atoms with Crippen LogP contribution in [0.2, 0.25) is 0 Å². The van der Waals surface area contributed by atoms with Crippen molar-refractivity contribution >= 4 is 56.0 Å². The summed E-state index contributed by atoms with van der Waals surface area (Å²) < 4.78 is 1.08. The number of nitrogens with one attached hydrogen (secondary N) is 2. The second-order valence-corrected chi connectivity index (χ2v) is 10.2. The summed E-state index contributed by atoms with van der Waals surface area (Å²) in [7, 11) is 0. The second kappa shape index (κ2) is 8.36. The SMILES string of the molecule is CC1CNc2c(sc3ccc4nc(-c5ccnc(N6CCC(C=O)CC6)c5)ccc4c23)C(=O)N1. The van der Waals surface area contributed by atoms with Gasteiger partial charge in [-0.2, -0.15) is 0 Å². The van der Waals surface area contributed by atoms with Gasteiger partial charge in [-0.15, -0.1) is 11.3 Å². The van der Waals surface area contributed by atoms with Crippen molar-refractivity contribution in [2.45, 2.75) is 25.8 Å². The molecule has 0 aliphatic carbocycles. The third-order valence-corrected chi connectivity index (χ3v) is 7.94. The number of carbonyl (C=O) groups excluding carboxylic acids is 2. The first-order chi connectivity index (χ1) is 16.6. The molecule has 0 bridgehead atoms. The molecule has 0 radical (unpaired) electrons. The van der Waals surface area contributed by atoms with Gasteiger partial charge in [-0.25, -0.2) is 9.97 Å². The number of benzene rings is 1. The van der Waals surface area contributed by atoms with Crippen LogP contribution in [0, 0.1) is 5.92 Å². The van der Waals surface area contributed by atoms with E-state index in [1.807, 2.05) is 31.3 Å². The largest absolute Gasteiger partial charge is 0.381 e. The van der Waals surface area contributed by atoms with Crippen molar-refractivity contribution in [3.05, 3.63) is 47.5 Å². The number of piperidine rings is 1. The first kappa shape index (κ1) is 21.0. The molecular formula is C26H25N5O2S. The van der Waals surface area contributed by atoms with Crippen LogP contribution in [0.4, 0.5) is 11.5 Å². The van der Waals surface area contributed by atoms with E-state index in [0.29, 0.717) is 6.54 Å². The van der Waals surface area contributed by atoms with Gasteiger partial charge in [0.2, 0.25) is 0 Å². The number of aromatic nitrogens is 2. The minimum atomic E-state index is -0.0204. The molecule has 3 aromatic heterocycles. The standard InChI is InChI=1S/C26H25N5O2S/c1-15-13-28-24-23-18-2-3-19(30-20(18)4-5-21(23)34-25(24)26(33)29-15)17-6-9-27-22(12-17)31-10-7-16(14-32)8-11-31/h2-6,9,12,14-16,28H,7-8,10-11,13H2,1H3,(H,29,33). The average Bonchev–Trinajstić information content (AvgIpc) is 3.20. The van der Waals surface area contributed by atoms with Crippen molar-refractivity contribution in [2.75, 3.05) is 29.9 Å². The maximum absolute atomic E-state index is 12.7. The van der Waals surface area contributed by atoms with Gasteiger partial charge < -0.3 is 20.3 Å². The fourth-order valence-corrected chi connectivity index (χ4v) is 6.00. The Balaban J connectivity index is 1.38. The molecule has 1 fully saturated rings. The molecule has 172 valence electrons. The predicted molar refractivity (Wildman–Crippen MR) is 137 cm³/mol. The summed E-state index contributed by atoms with van der Waals surface area (Å²) in [5.74, 6) is 1.06. The number of carbonyl (C=O) groups is 2. The van der Waals surface area contributed by atoms with Crippen molar-refractivity contribution in [1.82, 2.24) is 15.3 Å². The molecule has 7 nitrogen and oxygen atoms in total. The van der Waals surface area contributed by atoms with Crippen molar-refractivity contribution < 1.29 is 9.59 Å². The maximum atomic E-state index is 12.7. The molecule has 1 amide bonds. The lowest BCUT2D eigenvalue weighted by Gasteiger charge is -2.30. The molecule has 0 spiro atoms. The molecule has 1 aromatic carbocycles. The highest BCUT2D eigenvalue weighted by Crippen LogP contribution is 2.41. The molecule has 1 saturated heterocycles. The molecule has 34 heavy (non-hydrogen) atoms. The Morgan fingerprint density at radius 1 is 1.15 bits per heavy atom. The van der Waals surface area contributed by atoms with E-state index in [0.717, 1.165) is 80.8 Å². The number of nitrogens with zero attached hydrogens (tertiary/aromatic N) is 3. The van der Waals surface area contributed by atoms with Crippen LogP contribution in [0.15, 0.2) is 42.6 Å². The van der Waals surface area contributed by atoms with E-state index in [9.17, 15) is 9.59 Å². The molecule has 2 aliphatic heterocycles. The fourth-order valence-electron chi connectivity index (χ4n) is 4.90. The number of hydrogen-bond donors (Lipinski definition) is 2. The lowest BCUT2D eigenvalue weighted by molar-refractivity contribution is -0.111. The Bertz CT molecular complexity index is 1420. The van der Waals surface area contributed by atoms with Crippen LogP contribution in [0.1, 0.15) is 29.4 Å². The summed E-state index contributed by atoms with van der Waals surface area (Å²) in [5.41, 5.74) is 3.71. The third kappa shape index (κ3) is 3.58. The number of fused-ring (bicyclic) bond motifs is 5. The molecule has 5 heterocycles. The third-order valence-electron chi connectivity index (χ3n) is 6.79. The maximum Gasteiger partial charge on any atom is 0.263 e. The highest BCUT2D eigenvalue weighted by atomic mass is 32.1. The number of anilines is 2. The molecule has 4 aromatic rings. The van der Waals surface area contributed by atoms with Crippen LogP contribution in [0.25, 0.3) is 32.2 Å². The topological polar surface area (TPSA) is 87.2 Å². The summed E-state index contributed by atoms with van der Waals surface area (Å²) in [6.45, 7) is 4.37. The van der Waals surface area contributed by atoms with Gasteiger partial charge >= 0.3 is 0 Å². The summed E-state index contributed by atoms with van der Waals surface area (Å²) >= 11 is 1.52. The van der Waals surface area contributed by atoms with Crippen molar-refractivity contribution in [1.29, 1.82) is 0 Å². The van der Waals surface area contributed by atoms with Gasteiger partial charge in [-0.05, 0) is 56.2 Å². The minimum Gasteiger partial charge on any atom is -0.381 e. The monoisotopic (exact) mass is 471 g/mol. The summed E-state index contributed by atoms with van der Waals surface area (Å²) in [5, 5.41) is 8.63. The fraction of sp³-hybridized carbons (Fsp3) is 0.308. The van der Waals surface area contributed by atoms with Gasteiger partial charge in [0.25, 0.3) is 5.91 Å². The number of aldehydes is 1. The van der Waals surface area contributed by atoms with Crippen molar-refractivity contribution in [3.63, 3.8) is 0 Å². The lowest BCUT2D eigenvalue weighted by atomic mass is 9.98. The van der Waals surface area contributed by atoms with E-state index in [2.05, 4.69) is 38.7 Å². The van der Waals surface area contributed by atoms with Crippen LogP contribution in [-0.2, 0) is 4.79 Å². The average molecular weight is 472 g/mol. The van der Waals surface area contributed by atoms with E-state index in [4.69, 9.17) is 4.98 Å². The summed E-state index contributed by atoms with van der Waals surface area (Å²) in [6, 6.07) is 12.4. The second-order valence-electron chi connectivity index (χ2n) is 9.13. The highest BCUT2D eigenvalue weighted by molar-refractivity contribution is 7.21. The van der Waals surface area contributed by atoms with Gasteiger partial charge in [-0.1, -0.05) is 0 Å². The first-order valence-electron chi connectivity index (χ1n) is 11.7. The first-order valence-corrected chi connectivity index (χ1v) is 12.5. The smallest absolute Gasteiger partial charge is 0.263 e. The molecule has 6 rings (SSSR count). The summed E-state index contributed by atoms with van der Waals surface area (Å²) in [4.78, 5) is 36.3. The van der Waals surface area contributed by atoms with Crippen LogP contribution < -0.4 is 15.5 Å². The summed E-state index contributed by atoms with van der Waals surface area (Å²) in [6.07, 6.45) is 4.64. The zero-order chi connectivity index (χ0) is 23.2. The van der Waals surface area contributed by atoms with Crippen LogP contribution in [0.5, 0.6) is 0 Å². The quantitative estimate of drug-likeness (QED) is 0.429. The molecule has 8 heteroatoms. The van der Waals surface area contributed by atoms with Gasteiger partial charge in [0.15, 0.2) is 0 Å². The van der Waals surface area contributed by atoms with E-state index < -0.39 is 0 Å². The van der Waals surface area contributed by atoms with Crippen molar-refractivity contribution in [3.8, 4) is 11.3 Å². The Morgan fingerprint density at radius 2 is 2.00 bits per heavy atom. The molecule has 1 atom stereocenters. The van der Waals surface area contributed by atoms with Gasteiger partial charge in [0.1, 0.15) is 17.0 Å². The normalized spacial score (nSPS) is 18.9. The number of pyridine rings is 2. The molecule has 1 unspecified atom stereocenters. The van der Waals surface area contributed by atoms with E-state index in [1.165, 1.54) is 11.3 Å². The molecule has 2 aliphatic rings. The molecule has 0 saturated carbocycles. The molecular weight excluding hydrogens is 446 g/mol. The van der Waals surface area contributed by atoms with Crippen molar-refractivity contribution in [2.24, 2.45) is 5.92 Å². The highest BCUT2D eigenvalue weighted by Gasteiger charge is 2.25. The Hall–Kier alpha value is -3.52. The van der Waals surface area contributed by atoms with Gasteiger partial charge in [-0.3, -0.25) is 4.79 Å². The number of rotatable bonds is 3. The molecule has 2 N–H and O–H groups in total. The van der Waals surface area contributed by atoms with Crippen LogP contribution >= 0.6 is 11.3 Å².